The molecule has 1 aromatic carbocycles. The molecule has 0 spiro atoms. The molecule has 2 nitrogen and oxygen atoms in total. The van der Waals surface area contributed by atoms with Crippen molar-refractivity contribution in [3.05, 3.63) is 64.1 Å². The van der Waals surface area contributed by atoms with Gasteiger partial charge in [-0.3, -0.25) is 4.98 Å². The van der Waals surface area contributed by atoms with Crippen LogP contribution in [0.4, 0.5) is 4.39 Å². The summed E-state index contributed by atoms with van der Waals surface area (Å²) in [6.07, 6.45) is 1.64. The van der Waals surface area contributed by atoms with Gasteiger partial charge in [-0.1, -0.05) is 18.2 Å². The molecule has 0 amide bonds. The topological polar surface area (TPSA) is 38.9 Å². The summed E-state index contributed by atoms with van der Waals surface area (Å²) in [5, 5.41) is 0. The molecular formula is C12H10BrFN2. The summed E-state index contributed by atoms with van der Waals surface area (Å²) < 4.78 is 14.3. The van der Waals surface area contributed by atoms with Crippen molar-refractivity contribution in [1.29, 1.82) is 0 Å². The van der Waals surface area contributed by atoms with Crippen LogP contribution >= 0.6 is 15.9 Å². The Balaban J connectivity index is 2.44. The van der Waals surface area contributed by atoms with E-state index in [2.05, 4.69) is 20.9 Å². The van der Waals surface area contributed by atoms with Gasteiger partial charge in [-0.05, 0) is 34.1 Å². The fraction of sp³-hybridized carbons (Fsp3) is 0.0833. The molecule has 82 valence electrons. The Morgan fingerprint density at radius 2 is 1.94 bits per heavy atom. The number of hydrogen-bond acceptors (Lipinski definition) is 2. The zero-order chi connectivity index (χ0) is 11.5. The average Bonchev–Trinajstić information content (AvgIpc) is 2.29. The van der Waals surface area contributed by atoms with Gasteiger partial charge in [0.1, 0.15) is 5.82 Å². The van der Waals surface area contributed by atoms with E-state index in [4.69, 9.17) is 5.73 Å². The molecule has 0 aliphatic carbocycles. The molecule has 4 heteroatoms. The third-order valence-corrected chi connectivity index (χ3v) is 2.99. The molecule has 0 radical (unpaired) electrons. The lowest BCUT2D eigenvalue weighted by molar-refractivity contribution is 0.597. The molecule has 1 atom stereocenters. The predicted molar refractivity (Wildman–Crippen MR) is 64.4 cm³/mol. The van der Waals surface area contributed by atoms with Crippen LogP contribution in [0.1, 0.15) is 17.3 Å². The lowest BCUT2D eigenvalue weighted by Crippen LogP contribution is -2.15. The summed E-state index contributed by atoms with van der Waals surface area (Å²) in [4.78, 5) is 4.16. The average molecular weight is 281 g/mol. The van der Waals surface area contributed by atoms with Gasteiger partial charge >= 0.3 is 0 Å². The molecule has 2 N–H and O–H groups in total. The van der Waals surface area contributed by atoms with E-state index in [1.165, 1.54) is 6.07 Å². The normalized spacial score (nSPS) is 12.4. The van der Waals surface area contributed by atoms with Crippen molar-refractivity contribution in [3.8, 4) is 0 Å². The predicted octanol–water partition coefficient (Wildman–Crippen LogP) is 3.03. The van der Waals surface area contributed by atoms with E-state index in [1.807, 2.05) is 6.07 Å². The Morgan fingerprint density at radius 3 is 2.62 bits per heavy atom. The van der Waals surface area contributed by atoms with Crippen LogP contribution in [0.2, 0.25) is 0 Å². The van der Waals surface area contributed by atoms with Gasteiger partial charge in [-0.25, -0.2) is 4.39 Å². The van der Waals surface area contributed by atoms with E-state index in [-0.39, 0.29) is 5.82 Å². The Bertz CT molecular complexity index is 456. The first-order valence-electron chi connectivity index (χ1n) is 4.80. The van der Waals surface area contributed by atoms with Crippen LogP contribution in [0.5, 0.6) is 0 Å². The number of pyridine rings is 1. The molecule has 0 saturated heterocycles. The Hall–Kier alpha value is -1.26. The number of nitrogens with two attached hydrogens (primary N) is 1. The van der Waals surface area contributed by atoms with Crippen molar-refractivity contribution in [1.82, 2.24) is 4.98 Å². The van der Waals surface area contributed by atoms with E-state index in [0.29, 0.717) is 11.3 Å². The van der Waals surface area contributed by atoms with E-state index < -0.39 is 6.04 Å². The van der Waals surface area contributed by atoms with E-state index >= 15 is 0 Å². The SMILES string of the molecule is NC(c1ccccc1F)c1ncccc1Br. The quantitative estimate of drug-likeness (QED) is 0.919. The molecule has 2 aromatic rings. The summed E-state index contributed by atoms with van der Waals surface area (Å²) >= 11 is 3.35. The number of hydrogen-bond donors (Lipinski definition) is 1. The molecule has 0 aliphatic heterocycles. The smallest absolute Gasteiger partial charge is 0.128 e. The maximum absolute atomic E-state index is 13.5. The van der Waals surface area contributed by atoms with Crippen molar-refractivity contribution >= 4 is 15.9 Å². The van der Waals surface area contributed by atoms with Crippen molar-refractivity contribution in [3.63, 3.8) is 0 Å². The van der Waals surface area contributed by atoms with Gasteiger partial charge in [-0.15, -0.1) is 0 Å². The van der Waals surface area contributed by atoms with Crippen molar-refractivity contribution in [2.45, 2.75) is 6.04 Å². The highest BCUT2D eigenvalue weighted by Gasteiger charge is 2.16. The fourth-order valence-electron chi connectivity index (χ4n) is 1.50. The van der Waals surface area contributed by atoms with E-state index in [1.54, 1.807) is 30.5 Å². The van der Waals surface area contributed by atoms with Crippen LogP contribution < -0.4 is 5.73 Å². The summed E-state index contributed by atoms with van der Waals surface area (Å²) in [5.74, 6) is -0.312. The van der Waals surface area contributed by atoms with Gasteiger partial charge in [0, 0.05) is 16.2 Å². The summed E-state index contributed by atoms with van der Waals surface area (Å²) in [6.45, 7) is 0. The Labute approximate surface area is 101 Å². The third-order valence-electron chi connectivity index (χ3n) is 2.32. The lowest BCUT2D eigenvalue weighted by Gasteiger charge is -2.13. The first-order valence-corrected chi connectivity index (χ1v) is 5.60. The molecule has 16 heavy (non-hydrogen) atoms. The third kappa shape index (κ3) is 2.13. The maximum atomic E-state index is 13.5. The van der Waals surface area contributed by atoms with Crippen LogP contribution in [0.15, 0.2) is 47.1 Å². The summed E-state index contributed by atoms with van der Waals surface area (Å²) in [5.41, 5.74) is 7.06. The second-order valence-electron chi connectivity index (χ2n) is 3.37. The first-order chi connectivity index (χ1) is 7.70. The summed E-state index contributed by atoms with van der Waals surface area (Å²) in [7, 11) is 0. The molecule has 0 saturated carbocycles. The monoisotopic (exact) mass is 280 g/mol. The number of benzene rings is 1. The largest absolute Gasteiger partial charge is 0.319 e. The highest BCUT2D eigenvalue weighted by Crippen LogP contribution is 2.25. The highest BCUT2D eigenvalue weighted by molar-refractivity contribution is 9.10. The summed E-state index contributed by atoms with van der Waals surface area (Å²) in [6, 6.07) is 9.53. The van der Waals surface area contributed by atoms with Gasteiger partial charge in [0.05, 0.1) is 11.7 Å². The molecule has 0 fully saturated rings. The zero-order valence-corrected chi connectivity index (χ0v) is 9.99. The number of halogens is 2. The molecular weight excluding hydrogens is 271 g/mol. The van der Waals surface area contributed by atoms with Crippen molar-refractivity contribution in [2.75, 3.05) is 0 Å². The number of rotatable bonds is 2. The standard InChI is InChI=1S/C12H10BrFN2/c13-9-5-3-7-16-12(9)11(15)8-4-1-2-6-10(8)14/h1-7,11H,15H2. The second-order valence-corrected chi connectivity index (χ2v) is 4.22. The van der Waals surface area contributed by atoms with Gasteiger partial charge in [0.25, 0.3) is 0 Å². The van der Waals surface area contributed by atoms with Gasteiger partial charge in [0.15, 0.2) is 0 Å². The Kier molecular flexibility index (Phi) is 3.31. The van der Waals surface area contributed by atoms with Gasteiger partial charge in [0.2, 0.25) is 0 Å². The molecule has 0 bridgehead atoms. The van der Waals surface area contributed by atoms with Crippen molar-refractivity contribution in [2.24, 2.45) is 5.73 Å². The molecule has 0 aliphatic rings. The first kappa shape index (κ1) is 11.2. The molecule has 2 rings (SSSR count). The maximum Gasteiger partial charge on any atom is 0.128 e. The van der Waals surface area contributed by atoms with E-state index in [0.717, 1.165) is 4.47 Å². The van der Waals surface area contributed by atoms with Crippen LogP contribution in [0.25, 0.3) is 0 Å². The van der Waals surface area contributed by atoms with Crippen LogP contribution in [0, 0.1) is 5.82 Å². The zero-order valence-electron chi connectivity index (χ0n) is 8.40. The van der Waals surface area contributed by atoms with E-state index in [9.17, 15) is 4.39 Å². The minimum atomic E-state index is -0.559. The minimum absolute atomic E-state index is 0.312. The van der Waals surface area contributed by atoms with Crippen LogP contribution in [-0.4, -0.2) is 4.98 Å². The molecule has 1 heterocycles. The Morgan fingerprint density at radius 1 is 1.19 bits per heavy atom. The number of aromatic nitrogens is 1. The van der Waals surface area contributed by atoms with Gasteiger partial charge < -0.3 is 5.73 Å². The van der Waals surface area contributed by atoms with Crippen LogP contribution in [-0.2, 0) is 0 Å². The minimum Gasteiger partial charge on any atom is -0.319 e. The van der Waals surface area contributed by atoms with Crippen molar-refractivity contribution < 1.29 is 4.39 Å². The lowest BCUT2D eigenvalue weighted by atomic mass is 10.0. The molecule has 1 unspecified atom stereocenters. The number of nitrogens with zero attached hydrogens (tertiary/aromatic N) is 1. The van der Waals surface area contributed by atoms with Crippen LogP contribution in [0.3, 0.4) is 0 Å². The highest BCUT2D eigenvalue weighted by atomic mass is 79.9. The second kappa shape index (κ2) is 4.72. The fourth-order valence-corrected chi connectivity index (χ4v) is 2.00. The molecule has 1 aromatic heterocycles. The van der Waals surface area contributed by atoms with Gasteiger partial charge in [-0.2, -0.15) is 0 Å².